The van der Waals surface area contributed by atoms with Crippen LogP contribution in [0.4, 0.5) is 5.69 Å². The van der Waals surface area contributed by atoms with E-state index in [1.54, 1.807) is 79.7 Å². The van der Waals surface area contributed by atoms with Crippen LogP contribution in [0.15, 0.2) is 90.0 Å². The van der Waals surface area contributed by atoms with E-state index in [0.717, 1.165) is 4.31 Å². The largest absolute Gasteiger partial charge is 0.497 e. The summed E-state index contributed by atoms with van der Waals surface area (Å²) in [6.45, 7) is 1.77. The number of ether oxygens (including phenoxy) is 1. The van der Waals surface area contributed by atoms with Crippen molar-refractivity contribution < 1.29 is 17.9 Å². The van der Waals surface area contributed by atoms with E-state index in [-0.39, 0.29) is 10.6 Å². The maximum Gasteiger partial charge on any atom is 0.273 e. The minimum atomic E-state index is -4.28. The third kappa shape index (κ3) is 3.75. The topological polar surface area (TPSA) is 76.6 Å². The summed E-state index contributed by atoms with van der Waals surface area (Å²) >= 11 is 0. The number of aryl methyl sites for hydroxylation is 1. The van der Waals surface area contributed by atoms with Gasteiger partial charge in [-0.05, 0) is 55.0 Å². The zero-order valence-electron chi connectivity index (χ0n) is 17.0. The number of sulfonamides is 1. The molecule has 7 heteroatoms. The van der Waals surface area contributed by atoms with E-state index in [1.165, 1.54) is 19.4 Å². The van der Waals surface area contributed by atoms with Gasteiger partial charge in [0.2, 0.25) is 0 Å². The number of benzene rings is 3. The number of hydrogen-bond donors (Lipinski definition) is 0. The van der Waals surface area contributed by atoms with Gasteiger partial charge in [0.15, 0.2) is 0 Å². The van der Waals surface area contributed by atoms with Gasteiger partial charge in [-0.25, -0.2) is 8.42 Å². The third-order valence-electron chi connectivity index (χ3n) is 4.98. The Balaban J connectivity index is 1.95. The van der Waals surface area contributed by atoms with Gasteiger partial charge in [0.1, 0.15) is 10.6 Å². The summed E-state index contributed by atoms with van der Waals surface area (Å²) in [5.41, 5.74) is 1.50. The fourth-order valence-electron chi connectivity index (χ4n) is 3.39. The monoisotopic (exact) mass is 432 g/mol. The summed E-state index contributed by atoms with van der Waals surface area (Å²) in [5, 5.41) is 0.668. The van der Waals surface area contributed by atoms with Crippen LogP contribution in [-0.2, 0) is 10.0 Å². The minimum absolute atomic E-state index is 0.0386. The van der Waals surface area contributed by atoms with Crippen LogP contribution in [0, 0.1) is 6.92 Å². The second kappa shape index (κ2) is 8.20. The zero-order chi connectivity index (χ0) is 22.0. The van der Waals surface area contributed by atoms with Crippen LogP contribution < -0.4 is 9.04 Å². The lowest BCUT2D eigenvalue weighted by Crippen LogP contribution is -2.37. The highest BCUT2D eigenvalue weighted by atomic mass is 32.2. The van der Waals surface area contributed by atoms with E-state index in [4.69, 9.17) is 4.74 Å². The standard InChI is InChI=1S/C24H20N2O4S/c1-17-7-3-4-10-21(17)24(27)26(19-12-14-20(30-2)15-13-19)31(28,29)22-11-5-8-18-9-6-16-25-23(18)22/h3-16H,1-2H3. The summed E-state index contributed by atoms with van der Waals surface area (Å²) in [4.78, 5) is 17.8. The molecule has 0 aliphatic carbocycles. The Hall–Kier alpha value is -3.71. The second-order valence-electron chi connectivity index (χ2n) is 6.92. The van der Waals surface area contributed by atoms with Gasteiger partial charge in [-0.15, -0.1) is 0 Å². The van der Waals surface area contributed by atoms with Crippen LogP contribution in [-0.4, -0.2) is 26.4 Å². The lowest BCUT2D eigenvalue weighted by molar-refractivity contribution is 0.100. The number of rotatable bonds is 5. The molecule has 0 aliphatic rings. The van der Waals surface area contributed by atoms with Crippen molar-refractivity contribution in [2.45, 2.75) is 11.8 Å². The number of pyridine rings is 1. The molecule has 1 aromatic heterocycles. The molecule has 0 saturated carbocycles. The highest BCUT2D eigenvalue weighted by Crippen LogP contribution is 2.31. The Bertz CT molecular complexity index is 1360. The summed E-state index contributed by atoms with van der Waals surface area (Å²) in [7, 11) is -2.77. The van der Waals surface area contributed by atoms with Crippen molar-refractivity contribution in [2.24, 2.45) is 0 Å². The molecule has 0 spiro atoms. The first kappa shape index (κ1) is 20.6. The zero-order valence-corrected chi connectivity index (χ0v) is 17.8. The van der Waals surface area contributed by atoms with Gasteiger partial charge in [-0.3, -0.25) is 9.78 Å². The summed E-state index contributed by atoms with van der Waals surface area (Å²) in [5.74, 6) is -0.0903. The molecule has 0 radical (unpaired) electrons. The molecule has 0 N–H and O–H groups in total. The van der Waals surface area contributed by atoms with Gasteiger partial charge in [0.05, 0.1) is 18.3 Å². The van der Waals surface area contributed by atoms with Crippen LogP contribution in [0.2, 0.25) is 0 Å². The van der Waals surface area contributed by atoms with Gasteiger partial charge < -0.3 is 4.74 Å². The van der Waals surface area contributed by atoms with Crippen LogP contribution >= 0.6 is 0 Å². The number of amides is 1. The maximum absolute atomic E-state index is 13.9. The number of fused-ring (bicyclic) bond motifs is 1. The van der Waals surface area contributed by atoms with Crippen molar-refractivity contribution >= 4 is 32.5 Å². The molecular formula is C24H20N2O4S. The Kier molecular flexibility index (Phi) is 5.44. The first-order valence-electron chi connectivity index (χ1n) is 9.56. The Morgan fingerprint density at radius 1 is 0.903 bits per heavy atom. The molecule has 1 heterocycles. The highest BCUT2D eigenvalue weighted by Gasteiger charge is 2.34. The van der Waals surface area contributed by atoms with Gasteiger partial charge in [-0.2, -0.15) is 4.31 Å². The lowest BCUT2D eigenvalue weighted by atomic mass is 10.1. The number of methoxy groups -OCH3 is 1. The number of carbonyl (C=O) groups is 1. The average Bonchev–Trinajstić information content (AvgIpc) is 2.79. The van der Waals surface area contributed by atoms with Gasteiger partial charge in [-0.1, -0.05) is 36.4 Å². The van der Waals surface area contributed by atoms with Crippen molar-refractivity contribution in [3.8, 4) is 5.75 Å². The normalized spacial score (nSPS) is 11.3. The van der Waals surface area contributed by atoms with E-state index in [9.17, 15) is 13.2 Å². The van der Waals surface area contributed by atoms with Crippen molar-refractivity contribution in [3.63, 3.8) is 0 Å². The molecule has 0 unspecified atom stereocenters. The van der Waals surface area contributed by atoms with Crippen LogP contribution in [0.1, 0.15) is 15.9 Å². The molecule has 6 nitrogen and oxygen atoms in total. The second-order valence-corrected chi connectivity index (χ2v) is 8.67. The van der Waals surface area contributed by atoms with Crippen molar-refractivity contribution in [1.29, 1.82) is 0 Å². The van der Waals surface area contributed by atoms with E-state index in [0.29, 0.717) is 27.8 Å². The highest BCUT2D eigenvalue weighted by molar-refractivity contribution is 7.93. The van der Waals surface area contributed by atoms with Crippen LogP contribution in [0.25, 0.3) is 10.9 Å². The van der Waals surface area contributed by atoms with E-state index < -0.39 is 15.9 Å². The Labute approximate surface area is 180 Å². The van der Waals surface area contributed by atoms with Gasteiger partial charge >= 0.3 is 0 Å². The number of aromatic nitrogens is 1. The smallest absolute Gasteiger partial charge is 0.273 e. The molecule has 0 atom stereocenters. The molecule has 156 valence electrons. The number of nitrogens with zero attached hydrogens (tertiary/aromatic N) is 2. The SMILES string of the molecule is COc1ccc(N(C(=O)c2ccccc2C)S(=O)(=O)c2cccc3cccnc23)cc1. The number of hydrogen-bond acceptors (Lipinski definition) is 5. The fraction of sp³-hybridized carbons (Fsp3) is 0.0833. The molecule has 4 aromatic rings. The lowest BCUT2D eigenvalue weighted by Gasteiger charge is -2.24. The van der Waals surface area contributed by atoms with Crippen LogP contribution in [0.3, 0.4) is 0 Å². The van der Waals surface area contributed by atoms with Crippen molar-refractivity contribution in [1.82, 2.24) is 4.98 Å². The van der Waals surface area contributed by atoms with E-state index in [1.807, 2.05) is 0 Å². The molecule has 31 heavy (non-hydrogen) atoms. The van der Waals surface area contributed by atoms with Gasteiger partial charge in [0.25, 0.3) is 15.9 Å². The third-order valence-corrected chi connectivity index (χ3v) is 6.72. The quantitative estimate of drug-likeness (QED) is 0.461. The Morgan fingerprint density at radius 3 is 2.32 bits per heavy atom. The molecule has 0 saturated heterocycles. The number of para-hydroxylation sites is 1. The number of carbonyl (C=O) groups excluding carboxylic acids is 1. The van der Waals surface area contributed by atoms with Crippen LogP contribution in [0.5, 0.6) is 5.75 Å². The average molecular weight is 433 g/mol. The van der Waals surface area contributed by atoms with E-state index >= 15 is 0 Å². The van der Waals surface area contributed by atoms with Crippen molar-refractivity contribution in [2.75, 3.05) is 11.4 Å². The van der Waals surface area contributed by atoms with Crippen molar-refractivity contribution in [3.05, 3.63) is 96.2 Å². The summed E-state index contributed by atoms with van der Waals surface area (Å²) in [6, 6.07) is 21.6. The fourth-order valence-corrected chi connectivity index (χ4v) is 4.97. The molecule has 0 bridgehead atoms. The first-order chi connectivity index (χ1) is 14.9. The van der Waals surface area contributed by atoms with Gasteiger partial charge in [0, 0.05) is 17.1 Å². The molecule has 0 aliphatic heterocycles. The minimum Gasteiger partial charge on any atom is -0.497 e. The maximum atomic E-state index is 13.9. The number of anilines is 1. The molecular weight excluding hydrogens is 412 g/mol. The molecule has 3 aromatic carbocycles. The summed E-state index contributed by atoms with van der Waals surface area (Å²) < 4.78 is 33.7. The summed E-state index contributed by atoms with van der Waals surface area (Å²) in [6.07, 6.45) is 1.53. The predicted octanol–water partition coefficient (Wildman–Crippen LogP) is 4.59. The molecule has 1 amide bonds. The first-order valence-corrected chi connectivity index (χ1v) is 11.0. The Morgan fingerprint density at radius 2 is 1.61 bits per heavy atom. The molecule has 0 fully saturated rings. The predicted molar refractivity (Wildman–Crippen MR) is 120 cm³/mol. The van der Waals surface area contributed by atoms with E-state index in [2.05, 4.69) is 4.98 Å². The molecule has 4 rings (SSSR count).